The van der Waals surface area contributed by atoms with Gasteiger partial charge in [-0.25, -0.2) is 4.79 Å². The highest BCUT2D eigenvalue weighted by molar-refractivity contribution is 8.03. The molecule has 4 saturated heterocycles. The second kappa shape index (κ2) is 44.1. The van der Waals surface area contributed by atoms with Crippen LogP contribution in [-0.2, 0) is 99.9 Å². The second-order valence-electron chi connectivity index (χ2n) is 22.5. The molecule has 24 heteroatoms. The van der Waals surface area contributed by atoms with Gasteiger partial charge < -0.3 is 61.6 Å². The molecule has 482 valence electrons. The van der Waals surface area contributed by atoms with Gasteiger partial charge in [-0.15, -0.1) is 11.8 Å². The van der Waals surface area contributed by atoms with Gasteiger partial charge in [-0.2, -0.15) is 23.5 Å². The van der Waals surface area contributed by atoms with Crippen LogP contribution in [0.25, 0.3) is 0 Å². The summed E-state index contributed by atoms with van der Waals surface area (Å²) in [6, 6.07) is 0. The van der Waals surface area contributed by atoms with Crippen molar-refractivity contribution in [2.75, 3.05) is 101 Å². The fraction of sp³-hybridized carbons (Fsp3) is 0.864. The summed E-state index contributed by atoms with van der Waals surface area (Å²) in [4.78, 5) is 93.7. The standard InChI is InChI=1S/C15H26O6.C15H26O5S.C15H26O4S2.C14H24O6/c1-4-15(2,3)14(17)20-10-7-12(16)21-13-11-18-8-5-6-9-19-13;1-4-15(2,3)14(17)19-9-7-12(16)20-13-11-21-10-6-5-8-18-13;1-4-15(2,3)14(17)18-8-7-12(16)19-13-11-20-9-5-6-10-21-13;1-4-14(2,3)13(16)19-9-11(15)20-12-10-17-7-5-6-8-18-12/h3*13H,4-11H2,1-3H3;12H,4-10H2,1-3H3. The number of carbonyl (C=O) groups excluding carboxylic acids is 8. The summed E-state index contributed by atoms with van der Waals surface area (Å²) in [7, 11) is 0. The molecule has 4 atom stereocenters. The van der Waals surface area contributed by atoms with Gasteiger partial charge in [0.15, 0.2) is 12.0 Å². The highest BCUT2D eigenvalue weighted by Crippen LogP contribution is 2.26. The fourth-order valence-corrected chi connectivity index (χ4v) is 9.48. The average Bonchev–Trinajstić information content (AvgIpc) is 3.41. The third kappa shape index (κ3) is 37.0. The predicted molar refractivity (Wildman–Crippen MR) is 317 cm³/mol. The maximum atomic E-state index is 11.8. The number of esters is 8. The Morgan fingerprint density at radius 1 is 0.398 bits per heavy atom. The van der Waals surface area contributed by atoms with Crippen LogP contribution in [0, 0.1) is 21.7 Å². The molecule has 0 amide bonds. The van der Waals surface area contributed by atoms with Crippen molar-refractivity contribution in [3.05, 3.63) is 0 Å². The van der Waals surface area contributed by atoms with Crippen LogP contribution in [0.4, 0.5) is 0 Å². The van der Waals surface area contributed by atoms with Crippen molar-refractivity contribution in [2.24, 2.45) is 21.7 Å². The SMILES string of the molecule is CCC(C)(C)C(=O)OCC(=O)OC1COCCCCO1.CCC(C)(C)C(=O)OCCC(=O)OC1COCCCCO1.CCC(C)(C)C(=O)OCCC(=O)OC1CSCCCCO1.CCC(C)(C)C(=O)OCCC(=O)OC1CSCCCCS1. The lowest BCUT2D eigenvalue weighted by molar-refractivity contribution is -0.201. The Kier molecular flexibility index (Phi) is 41.2. The summed E-state index contributed by atoms with van der Waals surface area (Å²) in [6.07, 6.45) is 9.26. The zero-order valence-electron chi connectivity index (χ0n) is 52.0. The molecule has 0 aromatic carbocycles. The number of carbonyl (C=O) groups is 8. The van der Waals surface area contributed by atoms with Crippen molar-refractivity contribution in [2.45, 2.75) is 204 Å². The first kappa shape index (κ1) is 77.6. The summed E-state index contributed by atoms with van der Waals surface area (Å²) in [5.41, 5.74) is -2.19. The Balaban J connectivity index is 0.000000553. The van der Waals surface area contributed by atoms with Crippen molar-refractivity contribution in [1.82, 2.24) is 0 Å². The van der Waals surface area contributed by atoms with Crippen LogP contribution in [0.3, 0.4) is 0 Å². The molecule has 0 aromatic heterocycles. The number of hydrogen-bond donors (Lipinski definition) is 0. The third-order valence-corrected chi connectivity index (χ3v) is 17.3. The zero-order valence-corrected chi connectivity index (χ0v) is 54.5. The number of hydrogen-bond acceptors (Lipinski definition) is 24. The zero-order chi connectivity index (χ0) is 62.2. The quantitative estimate of drug-likeness (QED) is 0.0681. The summed E-state index contributed by atoms with van der Waals surface area (Å²) >= 11 is 5.26. The van der Waals surface area contributed by atoms with Gasteiger partial charge in [0.2, 0.25) is 18.9 Å². The predicted octanol–water partition coefficient (Wildman–Crippen LogP) is 9.97. The van der Waals surface area contributed by atoms with Crippen LogP contribution >= 0.6 is 35.3 Å². The Bertz CT molecular complexity index is 1690. The first-order valence-corrected chi connectivity index (χ1v) is 32.9. The van der Waals surface area contributed by atoms with E-state index in [1.54, 1.807) is 37.4 Å². The number of rotatable bonds is 23. The minimum atomic E-state index is -0.722. The maximum Gasteiger partial charge on any atom is 0.346 e. The van der Waals surface area contributed by atoms with E-state index in [4.69, 9.17) is 61.6 Å². The normalized spacial score (nSPS) is 20.3. The summed E-state index contributed by atoms with van der Waals surface area (Å²) in [5.74, 6) is 1.76. The second-order valence-corrected chi connectivity index (χ2v) is 26.0. The van der Waals surface area contributed by atoms with E-state index in [2.05, 4.69) is 0 Å². The molecule has 4 rings (SSSR count). The molecule has 83 heavy (non-hydrogen) atoms. The van der Waals surface area contributed by atoms with E-state index in [1.165, 1.54) is 12.8 Å². The van der Waals surface area contributed by atoms with Crippen LogP contribution in [0.1, 0.15) is 179 Å². The van der Waals surface area contributed by atoms with Crippen molar-refractivity contribution in [3.8, 4) is 0 Å². The first-order chi connectivity index (χ1) is 39.3. The van der Waals surface area contributed by atoms with Crippen LogP contribution in [0.15, 0.2) is 0 Å². The van der Waals surface area contributed by atoms with Crippen molar-refractivity contribution >= 4 is 83.0 Å². The van der Waals surface area contributed by atoms with Gasteiger partial charge in [0.05, 0.1) is 66.5 Å². The highest BCUT2D eigenvalue weighted by Gasteiger charge is 2.31. The lowest BCUT2D eigenvalue weighted by atomic mass is 9.91. The molecule has 0 bridgehead atoms. The van der Waals surface area contributed by atoms with Crippen molar-refractivity contribution in [1.29, 1.82) is 0 Å². The molecule has 4 unspecified atom stereocenters. The highest BCUT2D eigenvalue weighted by atomic mass is 32.2. The molecule has 0 N–H and O–H groups in total. The van der Waals surface area contributed by atoms with Crippen molar-refractivity contribution in [3.63, 3.8) is 0 Å². The van der Waals surface area contributed by atoms with Crippen LogP contribution in [0.2, 0.25) is 0 Å². The smallest absolute Gasteiger partial charge is 0.346 e. The van der Waals surface area contributed by atoms with Gasteiger partial charge in [0.25, 0.3) is 0 Å². The van der Waals surface area contributed by atoms with Crippen LogP contribution < -0.4 is 0 Å². The molecule has 4 aliphatic heterocycles. The minimum Gasteiger partial charge on any atom is -0.465 e. The largest absolute Gasteiger partial charge is 0.465 e. The fourth-order valence-electron chi connectivity index (χ4n) is 6.23. The summed E-state index contributed by atoms with van der Waals surface area (Å²) in [5, 5.41) is 0. The molecule has 4 aliphatic rings. The lowest BCUT2D eigenvalue weighted by Crippen LogP contribution is -2.32. The maximum absolute atomic E-state index is 11.8. The van der Waals surface area contributed by atoms with Gasteiger partial charge in [-0.1, -0.05) is 27.7 Å². The monoisotopic (exact) mass is 1240 g/mol. The lowest BCUT2D eigenvalue weighted by Gasteiger charge is -2.22. The van der Waals surface area contributed by atoms with E-state index in [-0.39, 0.29) is 87.6 Å². The third-order valence-electron chi connectivity index (χ3n) is 13.7. The Hall–Kier alpha value is -3.39. The van der Waals surface area contributed by atoms with E-state index in [1.807, 2.05) is 81.0 Å². The molecule has 0 aromatic rings. The van der Waals surface area contributed by atoms with Crippen LogP contribution in [0.5, 0.6) is 0 Å². The number of ether oxygens (including phenoxy) is 13. The van der Waals surface area contributed by atoms with E-state index >= 15 is 0 Å². The van der Waals surface area contributed by atoms with Gasteiger partial charge in [0, 0.05) is 19.0 Å². The first-order valence-electron chi connectivity index (χ1n) is 29.6. The minimum absolute atomic E-state index is 0.0192. The Morgan fingerprint density at radius 2 is 0.735 bits per heavy atom. The van der Waals surface area contributed by atoms with E-state index in [9.17, 15) is 38.4 Å². The van der Waals surface area contributed by atoms with Gasteiger partial charge in [0.1, 0.15) is 33.0 Å². The molecule has 0 saturated carbocycles. The molecular formula is C59H102O21S3. The van der Waals surface area contributed by atoms with Gasteiger partial charge >= 0.3 is 47.8 Å². The molecule has 4 fully saturated rings. The van der Waals surface area contributed by atoms with Crippen molar-refractivity contribution < 1.29 is 99.9 Å². The summed E-state index contributed by atoms with van der Waals surface area (Å²) in [6.45, 7) is 25.4. The summed E-state index contributed by atoms with van der Waals surface area (Å²) < 4.78 is 68.0. The molecule has 0 radical (unpaired) electrons. The van der Waals surface area contributed by atoms with Gasteiger partial charge in [-0.3, -0.25) is 33.6 Å². The average molecular weight is 1240 g/mol. The van der Waals surface area contributed by atoms with E-state index in [0.717, 1.165) is 61.5 Å². The molecule has 0 aliphatic carbocycles. The molecule has 4 heterocycles. The Morgan fingerprint density at radius 3 is 1.18 bits per heavy atom. The molecular weight excluding hydrogens is 1140 g/mol. The van der Waals surface area contributed by atoms with Crippen LogP contribution in [-0.4, -0.2) is 174 Å². The molecule has 0 spiro atoms. The molecule has 21 nitrogen and oxygen atoms in total. The number of thioether (sulfide) groups is 3. The van der Waals surface area contributed by atoms with E-state index in [0.29, 0.717) is 64.5 Å². The topological polar surface area (TPSA) is 257 Å². The van der Waals surface area contributed by atoms with Gasteiger partial charge in [-0.05, 0) is 150 Å². The Labute approximate surface area is 507 Å². The van der Waals surface area contributed by atoms with E-state index < -0.39 is 65.0 Å².